The Morgan fingerprint density at radius 3 is 2.59 bits per heavy atom. The standard InChI is InChI=1S/C24H19I2N5O2S/c1-15-7-9-16(10-8-15)23-29-30-24(31(23)19-5-3-2-4-6-19)34-14-21(32)28-27-13-17-11-18(25)12-20(26)22(17)33/h2-13,33H,14H2,1H3,(H,28,32)/b27-13-. The van der Waals surface area contributed by atoms with Crippen LogP contribution >= 0.6 is 56.9 Å². The number of rotatable bonds is 7. The molecule has 0 atom stereocenters. The molecule has 1 amide bonds. The van der Waals surface area contributed by atoms with Crippen LogP contribution in [0, 0.1) is 14.1 Å². The summed E-state index contributed by atoms with van der Waals surface area (Å²) in [6.45, 7) is 2.04. The lowest BCUT2D eigenvalue weighted by molar-refractivity contribution is -0.118. The van der Waals surface area contributed by atoms with Crippen molar-refractivity contribution in [1.82, 2.24) is 20.2 Å². The van der Waals surface area contributed by atoms with E-state index in [-0.39, 0.29) is 17.4 Å². The van der Waals surface area contributed by atoms with Gasteiger partial charge in [-0.1, -0.05) is 59.8 Å². The van der Waals surface area contributed by atoms with Gasteiger partial charge in [-0.2, -0.15) is 5.10 Å². The van der Waals surface area contributed by atoms with Crippen LogP contribution in [-0.2, 0) is 4.79 Å². The molecule has 34 heavy (non-hydrogen) atoms. The molecule has 7 nitrogen and oxygen atoms in total. The molecule has 0 radical (unpaired) electrons. The van der Waals surface area contributed by atoms with Crippen molar-refractivity contribution in [3.8, 4) is 22.8 Å². The van der Waals surface area contributed by atoms with E-state index in [9.17, 15) is 9.90 Å². The molecule has 4 aromatic rings. The fourth-order valence-electron chi connectivity index (χ4n) is 3.08. The highest BCUT2D eigenvalue weighted by atomic mass is 127. The molecule has 0 saturated carbocycles. The summed E-state index contributed by atoms with van der Waals surface area (Å²) in [5, 5.41) is 23.5. The molecular formula is C24H19I2N5O2S. The predicted octanol–water partition coefficient (Wildman–Crippen LogP) is 5.40. The van der Waals surface area contributed by atoms with E-state index in [1.54, 1.807) is 6.07 Å². The van der Waals surface area contributed by atoms with Gasteiger partial charge in [-0.15, -0.1) is 10.2 Å². The predicted molar refractivity (Wildman–Crippen MR) is 152 cm³/mol. The second kappa shape index (κ2) is 11.3. The number of carbonyl (C=O) groups is 1. The van der Waals surface area contributed by atoms with Gasteiger partial charge in [0.2, 0.25) is 0 Å². The summed E-state index contributed by atoms with van der Waals surface area (Å²) >= 11 is 5.49. The van der Waals surface area contributed by atoms with Crippen molar-refractivity contribution < 1.29 is 9.90 Å². The Balaban J connectivity index is 1.50. The van der Waals surface area contributed by atoms with Crippen LogP contribution in [0.4, 0.5) is 0 Å². The number of benzene rings is 3. The molecule has 172 valence electrons. The molecule has 0 fully saturated rings. The number of hydrogen-bond acceptors (Lipinski definition) is 6. The third kappa shape index (κ3) is 5.96. The Morgan fingerprint density at radius 2 is 1.85 bits per heavy atom. The maximum Gasteiger partial charge on any atom is 0.250 e. The molecule has 4 rings (SSSR count). The zero-order valence-corrected chi connectivity index (χ0v) is 23.1. The minimum atomic E-state index is -0.291. The summed E-state index contributed by atoms with van der Waals surface area (Å²) < 4.78 is 3.63. The first-order valence-corrected chi connectivity index (χ1v) is 13.3. The van der Waals surface area contributed by atoms with Crippen LogP contribution in [0.2, 0.25) is 0 Å². The third-order valence-electron chi connectivity index (χ3n) is 4.74. The number of amides is 1. The van der Waals surface area contributed by atoms with E-state index >= 15 is 0 Å². The van der Waals surface area contributed by atoms with Gasteiger partial charge in [-0.05, 0) is 76.4 Å². The molecule has 1 heterocycles. The van der Waals surface area contributed by atoms with Crippen molar-refractivity contribution in [3.05, 3.63) is 85.0 Å². The van der Waals surface area contributed by atoms with Crippen molar-refractivity contribution in [2.75, 3.05) is 5.75 Å². The Morgan fingerprint density at radius 1 is 1.12 bits per heavy atom. The molecule has 0 saturated heterocycles. The van der Waals surface area contributed by atoms with Crippen LogP contribution in [0.3, 0.4) is 0 Å². The fourth-order valence-corrected chi connectivity index (χ4v) is 5.72. The number of nitrogens with one attached hydrogen (secondary N) is 1. The van der Waals surface area contributed by atoms with Gasteiger partial charge in [0.05, 0.1) is 15.5 Å². The van der Waals surface area contributed by atoms with Gasteiger partial charge >= 0.3 is 0 Å². The second-order valence-electron chi connectivity index (χ2n) is 7.25. The molecule has 1 aromatic heterocycles. The van der Waals surface area contributed by atoms with Gasteiger partial charge in [0.25, 0.3) is 5.91 Å². The molecule has 0 aliphatic rings. The topological polar surface area (TPSA) is 92.4 Å². The molecule has 0 unspecified atom stereocenters. The van der Waals surface area contributed by atoms with E-state index in [1.807, 2.05) is 72.2 Å². The number of phenols is 1. The number of carbonyl (C=O) groups excluding carboxylic acids is 1. The number of aryl methyl sites for hydroxylation is 1. The number of thioether (sulfide) groups is 1. The molecule has 0 aliphatic heterocycles. The van der Waals surface area contributed by atoms with Crippen molar-refractivity contribution >= 4 is 69.1 Å². The first kappa shape index (κ1) is 24.7. The Bertz CT molecular complexity index is 1340. The van der Waals surface area contributed by atoms with Crippen molar-refractivity contribution in [1.29, 1.82) is 0 Å². The lowest BCUT2D eigenvalue weighted by Gasteiger charge is -2.10. The summed E-state index contributed by atoms with van der Waals surface area (Å²) in [6.07, 6.45) is 1.43. The van der Waals surface area contributed by atoms with Crippen LogP contribution in [-0.4, -0.2) is 37.7 Å². The molecule has 3 aromatic carbocycles. The van der Waals surface area contributed by atoms with Gasteiger partial charge in [0.15, 0.2) is 11.0 Å². The number of halogens is 2. The fraction of sp³-hybridized carbons (Fsp3) is 0.0833. The van der Waals surface area contributed by atoms with Crippen LogP contribution in [0.5, 0.6) is 5.75 Å². The zero-order chi connectivity index (χ0) is 24.1. The van der Waals surface area contributed by atoms with Gasteiger partial charge < -0.3 is 5.11 Å². The first-order valence-electron chi connectivity index (χ1n) is 10.1. The van der Waals surface area contributed by atoms with E-state index in [2.05, 4.69) is 65.9 Å². The quantitative estimate of drug-likeness (QED) is 0.117. The van der Waals surface area contributed by atoms with Crippen molar-refractivity contribution in [2.45, 2.75) is 12.1 Å². The molecule has 10 heteroatoms. The van der Waals surface area contributed by atoms with E-state index < -0.39 is 0 Å². The van der Waals surface area contributed by atoms with E-state index in [1.165, 1.54) is 18.0 Å². The Kier molecular flexibility index (Phi) is 8.21. The van der Waals surface area contributed by atoms with Crippen LogP contribution in [0.25, 0.3) is 17.1 Å². The summed E-state index contributed by atoms with van der Waals surface area (Å²) in [7, 11) is 0. The molecule has 2 N–H and O–H groups in total. The van der Waals surface area contributed by atoms with Gasteiger partial charge in [0, 0.05) is 20.4 Å². The van der Waals surface area contributed by atoms with Crippen LogP contribution < -0.4 is 5.43 Å². The smallest absolute Gasteiger partial charge is 0.250 e. The normalized spacial score (nSPS) is 11.1. The molecule has 0 aliphatic carbocycles. The number of nitrogens with zero attached hydrogens (tertiary/aromatic N) is 4. The summed E-state index contributed by atoms with van der Waals surface area (Å²) in [5.74, 6) is 0.649. The largest absolute Gasteiger partial charge is 0.506 e. The minimum Gasteiger partial charge on any atom is -0.506 e. The highest BCUT2D eigenvalue weighted by Crippen LogP contribution is 2.28. The highest BCUT2D eigenvalue weighted by Gasteiger charge is 2.17. The zero-order valence-electron chi connectivity index (χ0n) is 17.9. The number of phenolic OH excluding ortho intramolecular Hbond substituents is 1. The maximum absolute atomic E-state index is 12.4. The molecule has 0 bridgehead atoms. The first-order chi connectivity index (χ1) is 16.4. The van der Waals surface area contributed by atoms with Crippen molar-refractivity contribution in [2.24, 2.45) is 5.10 Å². The highest BCUT2D eigenvalue weighted by molar-refractivity contribution is 14.1. The number of para-hydroxylation sites is 1. The SMILES string of the molecule is Cc1ccc(-c2nnc(SCC(=O)N/N=C\c3cc(I)cc(I)c3O)n2-c2ccccc2)cc1. The van der Waals surface area contributed by atoms with Crippen LogP contribution in [0.1, 0.15) is 11.1 Å². The van der Waals surface area contributed by atoms with Gasteiger partial charge in [0.1, 0.15) is 5.75 Å². The van der Waals surface area contributed by atoms with Gasteiger partial charge in [-0.25, -0.2) is 5.43 Å². The average molecular weight is 695 g/mol. The minimum absolute atomic E-state index is 0.103. The Labute approximate surface area is 228 Å². The summed E-state index contributed by atoms with van der Waals surface area (Å²) in [4.78, 5) is 12.4. The number of hydrazone groups is 1. The van der Waals surface area contributed by atoms with E-state index in [0.29, 0.717) is 16.5 Å². The lowest BCUT2D eigenvalue weighted by atomic mass is 10.1. The van der Waals surface area contributed by atoms with E-state index in [0.717, 1.165) is 24.0 Å². The number of hydrogen-bond donors (Lipinski definition) is 2. The average Bonchev–Trinajstić information content (AvgIpc) is 3.25. The van der Waals surface area contributed by atoms with Crippen molar-refractivity contribution in [3.63, 3.8) is 0 Å². The van der Waals surface area contributed by atoms with Gasteiger partial charge in [-0.3, -0.25) is 9.36 Å². The number of aromatic nitrogens is 3. The maximum atomic E-state index is 12.4. The molecular weight excluding hydrogens is 676 g/mol. The van der Waals surface area contributed by atoms with E-state index in [4.69, 9.17) is 0 Å². The monoisotopic (exact) mass is 695 g/mol. The lowest BCUT2D eigenvalue weighted by Crippen LogP contribution is -2.20. The second-order valence-corrected chi connectivity index (χ2v) is 10.6. The summed E-state index contributed by atoms with van der Waals surface area (Å²) in [6, 6.07) is 21.5. The third-order valence-corrected chi connectivity index (χ3v) is 7.11. The summed E-state index contributed by atoms with van der Waals surface area (Å²) in [5.41, 5.74) is 6.06. The number of aromatic hydroxyl groups is 1. The Hall–Kier alpha value is -2.45. The van der Waals surface area contributed by atoms with Crippen LogP contribution in [0.15, 0.2) is 77.0 Å². The molecule has 0 spiro atoms.